The maximum Gasteiger partial charge on any atom is 0.316 e. The summed E-state index contributed by atoms with van der Waals surface area (Å²) in [5, 5.41) is 3.28. The van der Waals surface area contributed by atoms with Gasteiger partial charge in [-0.15, -0.1) is 11.8 Å². The number of rotatable bonds is 7. The van der Waals surface area contributed by atoms with Gasteiger partial charge in [0.15, 0.2) is 0 Å². The number of carbonyl (C=O) groups excluding carboxylic acids is 1. The first-order valence-electron chi connectivity index (χ1n) is 6.23. The average Bonchev–Trinajstić information content (AvgIpc) is 2.33. The Hall–Kier alpha value is -1.00. The number of ether oxygens (including phenoxy) is 1. The highest BCUT2D eigenvalue weighted by molar-refractivity contribution is 8.00. The van der Waals surface area contributed by atoms with E-state index in [4.69, 9.17) is 4.74 Å². The second-order valence-electron chi connectivity index (χ2n) is 4.26. The molecule has 0 atom stereocenters. The van der Waals surface area contributed by atoms with Crippen LogP contribution in [0.1, 0.15) is 26.3 Å². The van der Waals surface area contributed by atoms with Crippen molar-refractivity contribution in [1.82, 2.24) is 5.32 Å². The van der Waals surface area contributed by atoms with Gasteiger partial charge in [-0.3, -0.25) is 4.79 Å². The van der Waals surface area contributed by atoms with Gasteiger partial charge < -0.3 is 10.1 Å². The van der Waals surface area contributed by atoms with Gasteiger partial charge in [0.1, 0.15) is 0 Å². The summed E-state index contributed by atoms with van der Waals surface area (Å²) in [6, 6.07) is 8.22. The highest BCUT2D eigenvalue weighted by atomic mass is 32.2. The van der Waals surface area contributed by atoms with Crippen LogP contribution in [0.3, 0.4) is 0 Å². The third kappa shape index (κ3) is 6.07. The Bertz CT molecular complexity index is 380. The molecule has 18 heavy (non-hydrogen) atoms. The Morgan fingerprint density at radius 3 is 2.89 bits per heavy atom. The van der Waals surface area contributed by atoms with E-state index in [1.165, 1.54) is 17.3 Å². The second-order valence-corrected chi connectivity index (χ2v) is 5.30. The highest BCUT2D eigenvalue weighted by Crippen LogP contribution is 2.19. The van der Waals surface area contributed by atoms with Crippen molar-refractivity contribution in [3.8, 4) is 0 Å². The van der Waals surface area contributed by atoms with E-state index in [0.29, 0.717) is 5.75 Å². The summed E-state index contributed by atoms with van der Waals surface area (Å²) in [7, 11) is 0. The lowest BCUT2D eigenvalue weighted by Gasteiger charge is -2.08. The summed E-state index contributed by atoms with van der Waals surface area (Å²) in [5.41, 5.74) is 1.24. The number of hydrogen-bond acceptors (Lipinski definition) is 4. The van der Waals surface area contributed by atoms with Crippen LogP contribution in [0.2, 0.25) is 0 Å². The quantitative estimate of drug-likeness (QED) is 0.609. The third-order valence-corrected chi connectivity index (χ3v) is 3.17. The highest BCUT2D eigenvalue weighted by Gasteiger charge is 2.06. The van der Waals surface area contributed by atoms with Gasteiger partial charge in [0.2, 0.25) is 0 Å². The van der Waals surface area contributed by atoms with Crippen molar-refractivity contribution >= 4 is 17.7 Å². The number of thioether (sulfide) groups is 1. The molecule has 0 aromatic heterocycles. The van der Waals surface area contributed by atoms with Crippen LogP contribution in [-0.2, 0) is 16.1 Å². The van der Waals surface area contributed by atoms with Crippen LogP contribution in [0.25, 0.3) is 0 Å². The van der Waals surface area contributed by atoms with Crippen LogP contribution in [0.5, 0.6) is 0 Å². The first-order valence-corrected chi connectivity index (χ1v) is 7.22. The van der Waals surface area contributed by atoms with Gasteiger partial charge in [0.25, 0.3) is 0 Å². The van der Waals surface area contributed by atoms with Crippen LogP contribution >= 0.6 is 11.8 Å². The summed E-state index contributed by atoms with van der Waals surface area (Å²) in [6.07, 6.45) is -0.0433. The summed E-state index contributed by atoms with van der Waals surface area (Å²) in [5.74, 6) is 0.204. The van der Waals surface area contributed by atoms with Crippen molar-refractivity contribution in [2.75, 3.05) is 12.3 Å². The van der Waals surface area contributed by atoms with Crippen LogP contribution in [0.15, 0.2) is 29.2 Å². The monoisotopic (exact) mass is 267 g/mol. The molecule has 4 heteroatoms. The smallest absolute Gasteiger partial charge is 0.316 e. The van der Waals surface area contributed by atoms with Gasteiger partial charge in [0.05, 0.1) is 11.9 Å². The number of esters is 1. The molecule has 0 saturated carbocycles. The van der Waals surface area contributed by atoms with Crippen LogP contribution < -0.4 is 5.32 Å². The minimum absolute atomic E-state index is 0.0433. The third-order valence-electron chi connectivity index (χ3n) is 2.20. The summed E-state index contributed by atoms with van der Waals surface area (Å²) in [6.45, 7) is 7.62. The zero-order valence-corrected chi connectivity index (χ0v) is 12.0. The van der Waals surface area contributed by atoms with E-state index in [1.807, 2.05) is 26.0 Å². The fourth-order valence-electron chi connectivity index (χ4n) is 1.45. The lowest BCUT2D eigenvalue weighted by molar-refractivity contribution is -0.144. The molecule has 1 aromatic carbocycles. The van der Waals surface area contributed by atoms with Gasteiger partial charge >= 0.3 is 5.97 Å². The van der Waals surface area contributed by atoms with Gasteiger partial charge in [0, 0.05) is 11.4 Å². The van der Waals surface area contributed by atoms with Crippen molar-refractivity contribution in [3.63, 3.8) is 0 Å². The molecule has 0 heterocycles. The Kier molecular flexibility index (Phi) is 6.83. The summed E-state index contributed by atoms with van der Waals surface area (Å²) < 4.78 is 5.09. The van der Waals surface area contributed by atoms with Crippen molar-refractivity contribution in [1.29, 1.82) is 0 Å². The molecule has 1 aromatic rings. The molecular formula is C14H21NO2S. The maximum atomic E-state index is 11.4. The maximum absolute atomic E-state index is 11.4. The van der Waals surface area contributed by atoms with Gasteiger partial charge in [-0.2, -0.15) is 0 Å². The molecule has 0 spiro atoms. The summed E-state index contributed by atoms with van der Waals surface area (Å²) in [4.78, 5) is 12.5. The standard InChI is InChI=1S/C14H21NO2S/c1-4-15-9-12-6-5-7-13(8-12)18-10-14(16)17-11(2)3/h5-8,11,15H,4,9-10H2,1-3H3. The van der Waals surface area contributed by atoms with E-state index in [0.717, 1.165) is 18.0 Å². The molecule has 0 aliphatic carbocycles. The second kappa shape index (κ2) is 8.16. The van der Waals surface area contributed by atoms with Crippen molar-refractivity contribution in [3.05, 3.63) is 29.8 Å². The molecule has 0 unspecified atom stereocenters. The zero-order valence-electron chi connectivity index (χ0n) is 11.2. The van der Waals surface area contributed by atoms with E-state index < -0.39 is 0 Å². The molecule has 1 rings (SSSR count). The van der Waals surface area contributed by atoms with E-state index >= 15 is 0 Å². The van der Waals surface area contributed by atoms with Crippen molar-refractivity contribution < 1.29 is 9.53 Å². The number of hydrogen-bond donors (Lipinski definition) is 1. The molecular weight excluding hydrogens is 246 g/mol. The zero-order chi connectivity index (χ0) is 13.4. The molecule has 1 N–H and O–H groups in total. The van der Waals surface area contributed by atoms with Gasteiger partial charge in [-0.1, -0.05) is 19.1 Å². The van der Waals surface area contributed by atoms with Crippen molar-refractivity contribution in [2.24, 2.45) is 0 Å². The van der Waals surface area contributed by atoms with E-state index in [-0.39, 0.29) is 12.1 Å². The molecule has 0 bridgehead atoms. The number of nitrogens with one attached hydrogen (secondary N) is 1. The molecule has 100 valence electrons. The fraction of sp³-hybridized carbons (Fsp3) is 0.500. The average molecular weight is 267 g/mol. The largest absolute Gasteiger partial charge is 0.462 e. The molecule has 0 fully saturated rings. The SMILES string of the molecule is CCNCc1cccc(SCC(=O)OC(C)C)c1. The molecule has 3 nitrogen and oxygen atoms in total. The number of carbonyl (C=O) groups is 1. The lowest BCUT2D eigenvalue weighted by atomic mass is 10.2. The Morgan fingerprint density at radius 1 is 1.44 bits per heavy atom. The topological polar surface area (TPSA) is 38.3 Å². The van der Waals surface area contributed by atoms with Gasteiger partial charge in [-0.05, 0) is 38.1 Å². The van der Waals surface area contributed by atoms with E-state index in [9.17, 15) is 4.79 Å². The molecule has 0 aliphatic heterocycles. The molecule has 0 radical (unpaired) electrons. The number of benzene rings is 1. The van der Waals surface area contributed by atoms with Gasteiger partial charge in [-0.25, -0.2) is 0 Å². The molecule has 0 amide bonds. The Morgan fingerprint density at radius 2 is 2.22 bits per heavy atom. The molecule has 0 aliphatic rings. The fourth-order valence-corrected chi connectivity index (χ4v) is 2.22. The summed E-state index contributed by atoms with van der Waals surface area (Å²) >= 11 is 1.52. The minimum atomic E-state index is -0.160. The predicted octanol–water partition coefficient (Wildman–Crippen LogP) is 2.84. The first-order chi connectivity index (χ1) is 8.61. The van der Waals surface area contributed by atoms with Crippen LogP contribution in [0.4, 0.5) is 0 Å². The Balaban J connectivity index is 2.44. The minimum Gasteiger partial charge on any atom is -0.462 e. The van der Waals surface area contributed by atoms with Crippen LogP contribution in [0, 0.1) is 0 Å². The van der Waals surface area contributed by atoms with E-state index in [1.54, 1.807) is 0 Å². The van der Waals surface area contributed by atoms with Crippen molar-refractivity contribution in [2.45, 2.75) is 38.3 Å². The Labute approximate surface area is 113 Å². The predicted molar refractivity (Wildman–Crippen MR) is 75.8 cm³/mol. The normalized spacial score (nSPS) is 10.7. The lowest BCUT2D eigenvalue weighted by Crippen LogP contribution is -2.13. The first kappa shape index (κ1) is 15.1. The van der Waals surface area contributed by atoms with E-state index in [2.05, 4.69) is 24.4 Å². The van der Waals surface area contributed by atoms with Crippen LogP contribution in [-0.4, -0.2) is 24.4 Å². The molecule has 0 saturated heterocycles.